The monoisotopic (exact) mass is 226 g/mol. The zero-order valence-electron chi connectivity index (χ0n) is 9.07. The molecule has 82 valence electrons. The van der Waals surface area contributed by atoms with Crippen LogP contribution in [0.1, 0.15) is 17.3 Å². The summed E-state index contributed by atoms with van der Waals surface area (Å²) >= 11 is 1.68. The van der Waals surface area contributed by atoms with Crippen molar-refractivity contribution in [2.75, 3.05) is 20.0 Å². The van der Waals surface area contributed by atoms with Crippen LogP contribution in [0.5, 0.6) is 11.5 Å². The first-order valence-electron chi connectivity index (χ1n) is 4.60. The molecule has 0 radical (unpaired) electrons. The molecule has 0 unspecified atom stereocenters. The summed E-state index contributed by atoms with van der Waals surface area (Å²) in [5.41, 5.74) is 0.459. The molecule has 0 aliphatic heterocycles. The number of carbonyl (C=O) groups excluding carboxylic acids is 1. The zero-order chi connectivity index (χ0) is 11.3. The van der Waals surface area contributed by atoms with Gasteiger partial charge in [0.2, 0.25) is 0 Å². The van der Waals surface area contributed by atoms with E-state index in [1.165, 1.54) is 0 Å². The molecule has 0 saturated carbocycles. The van der Waals surface area contributed by atoms with Gasteiger partial charge in [-0.05, 0) is 17.9 Å². The van der Waals surface area contributed by atoms with Crippen molar-refractivity contribution in [3.05, 3.63) is 17.7 Å². The van der Waals surface area contributed by atoms with E-state index in [1.54, 1.807) is 26.0 Å². The van der Waals surface area contributed by atoms with Crippen LogP contribution in [0.3, 0.4) is 0 Å². The molecule has 3 nitrogen and oxygen atoms in total. The van der Waals surface area contributed by atoms with Gasteiger partial charge in [0.15, 0.2) is 6.29 Å². The Morgan fingerprint density at radius 2 is 1.80 bits per heavy atom. The molecule has 0 heterocycles. The van der Waals surface area contributed by atoms with E-state index >= 15 is 0 Å². The maximum Gasteiger partial charge on any atom is 0.157 e. The van der Waals surface area contributed by atoms with Crippen molar-refractivity contribution in [2.45, 2.75) is 11.8 Å². The second kappa shape index (κ2) is 5.66. The van der Waals surface area contributed by atoms with Gasteiger partial charge in [-0.3, -0.25) is 4.79 Å². The lowest BCUT2D eigenvalue weighted by atomic mass is 10.2. The van der Waals surface area contributed by atoms with Gasteiger partial charge in [-0.25, -0.2) is 0 Å². The Labute approximate surface area is 93.8 Å². The molecular formula is C11H14O3S. The number of thioether (sulfide) groups is 1. The van der Waals surface area contributed by atoms with E-state index in [2.05, 4.69) is 6.92 Å². The summed E-state index contributed by atoms with van der Waals surface area (Å²) < 4.78 is 10.3. The number of carbonyl (C=O) groups is 1. The molecule has 1 aromatic carbocycles. The lowest BCUT2D eigenvalue weighted by Crippen LogP contribution is -1.96. The minimum atomic E-state index is 0.459. The number of hydrogen-bond donors (Lipinski definition) is 0. The van der Waals surface area contributed by atoms with Crippen LogP contribution in [-0.2, 0) is 0 Å². The fourth-order valence-electron chi connectivity index (χ4n) is 1.28. The van der Waals surface area contributed by atoms with Gasteiger partial charge in [0, 0.05) is 4.90 Å². The Kier molecular flexibility index (Phi) is 4.49. The molecule has 0 atom stereocenters. The van der Waals surface area contributed by atoms with E-state index in [4.69, 9.17) is 9.47 Å². The lowest BCUT2D eigenvalue weighted by Gasteiger charge is -2.10. The third-order valence-electron chi connectivity index (χ3n) is 1.95. The van der Waals surface area contributed by atoms with E-state index in [0.29, 0.717) is 17.1 Å². The molecular weight excluding hydrogens is 212 g/mol. The van der Waals surface area contributed by atoms with E-state index in [1.807, 2.05) is 12.1 Å². The molecule has 0 amide bonds. The van der Waals surface area contributed by atoms with Gasteiger partial charge in [0.25, 0.3) is 0 Å². The van der Waals surface area contributed by atoms with Crippen molar-refractivity contribution in [1.29, 1.82) is 0 Å². The highest BCUT2D eigenvalue weighted by atomic mass is 32.2. The summed E-state index contributed by atoms with van der Waals surface area (Å²) in [6.45, 7) is 2.07. The zero-order valence-corrected chi connectivity index (χ0v) is 9.89. The van der Waals surface area contributed by atoms with Crippen LogP contribution in [0.25, 0.3) is 0 Å². The summed E-state index contributed by atoms with van der Waals surface area (Å²) in [5.74, 6) is 2.08. The summed E-state index contributed by atoms with van der Waals surface area (Å²) in [7, 11) is 3.09. The first-order chi connectivity index (χ1) is 7.26. The Balaban J connectivity index is 3.22. The molecule has 0 aromatic heterocycles. The van der Waals surface area contributed by atoms with Gasteiger partial charge < -0.3 is 9.47 Å². The van der Waals surface area contributed by atoms with Crippen LogP contribution in [0.4, 0.5) is 0 Å². The van der Waals surface area contributed by atoms with Crippen molar-refractivity contribution >= 4 is 18.0 Å². The van der Waals surface area contributed by atoms with Crippen molar-refractivity contribution in [3.8, 4) is 11.5 Å². The number of rotatable bonds is 5. The van der Waals surface area contributed by atoms with Crippen molar-refractivity contribution in [1.82, 2.24) is 0 Å². The normalized spacial score (nSPS) is 9.80. The molecule has 1 rings (SSSR count). The van der Waals surface area contributed by atoms with Crippen LogP contribution in [-0.4, -0.2) is 26.3 Å². The van der Waals surface area contributed by atoms with E-state index in [-0.39, 0.29) is 0 Å². The standard InChI is InChI=1S/C11H14O3S/c1-4-15-8-5-10(13-2)9(7-12)11(6-8)14-3/h5-7H,4H2,1-3H3. The summed E-state index contributed by atoms with van der Waals surface area (Å²) in [5, 5.41) is 0. The topological polar surface area (TPSA) is 35.5 Å². The highest BCUT2D eigenvalue weighted by Gasteiger charge is 2.11. The van der Waals surface area contributed by atoms with Crippen molar-refractivity contribution < 1.29 is 14.3 Å². The van der Waals surface area contributed by atoms with Crippen LogP contribution in [0.15, 0.2) is 17.0 Å². The molecule has 1 aromatic rings. The number of aldehydes is 1. The minimum absolute atomic E-state index is 0.459. The largest absolute Gasteiger partial charge is 0.496 e. The van der Waals surface area contributed by atoms with E-state index in [9.17, 15) is 4.79 Å². The van der Waals surface area contributed by atoms with Gasteiger partial charge in [-0.2, -0.15) is 0 Å². The molecule has 0 saturated heterocycles. The molecule has 0 aliphatic rings. The van der Waals surface area contributed by atoms with Crippen molar-refractivity contribution in [2.24, 2.45) is 0 Å². The lowest BCUT2D eigenvalue weighted by molar-refractivity contribution is 0.111. The molecule has 4 heteroatoms. The maximum atomic E-state index is 10.9. The number of methoxy groups -OCH3 is 2. The first kappa shape index (κ1) is 11.9. The fraction of sp³-hybridized carbons (Fsp3) is 0.364. The Bertz CT molecular complexity index is 325. The Morgan fingerprint density at radius 3 is 2.13 bits per heavy atom. The van der Waals surface area contributed by atoms with Crippen molar-refractivity contribution in [3.63, 3.8) is 0 Å². The highest BCUT2D eigenvalue weighted by molar-refractivity contribution is 7.99. The van der Waals surface area contributed by atoms with Crippen LogP contribution in [0, 0.1) is 0 Å². The first-order valence-corrected chi connectivity index (χ1v) is 5.59. The molecule has 0 fully saturated rings. The molecule has 0 bridgehead atoms. The summed E-state index contributed by atoms with van der Waals surface area (Å²) in [6, 6.07) is 3.70. The second-order valence-electron chi connectivity index (χ2n) is 2.79. The van der Waals surface area contributed by atoms with Gasteiger partial charge in [0.1, 0.15) is 11.5 Å². The molecule has 0 spiro atoms. The van der Waals surface area contributed by atoms with Gasteiger partial charge in [-0.1, -0.05) is 6.92 Å². The second-order valence-corrected chi connectivity index (χ2v) is 4.13. The van der Waals surface area contributed by atoms with Crippen LogP contribution >= 0.6 is 11.8 Å². The molecule has 15 heavy (non-hydrogen) atoms. The van der Waals surface area contributed by atoms with Gasteiger partial charge in [-0.15, -0.1) is 11.8 Å². The van der Waals surface area contributed by atoms with Crippen LogP contribution < -0.4 is 9.47 Å². The average Bonchev–Trinajstić information content (AvgIpc) is 2.28. The average molecular weight is 226 g/mol. The predicted molar refractivity (Wildman–Crippen MR) is 61.3 cm³/mol. The quantitative estimate of drug-likeness (QED) is 0.571. The predicted octanol–water partition coefficient (Wildman–Crippen LogP) is 2.63. The smallest absolute Gasteiger partial charge is 0.157 e. The van der Waals surface area contributed by atoms with E-state index < -0.39 is 0 Å². The third-order valence-corrected chi connectivity index (χ3v) is 2.80. The number of ether oxygens (including phenoxy) is 2. The van der Waals surface area contributed by atoms with Crippen LogP contribution in [0.2, 0.25) is 0 Å². The fourth-order valence-corrected chi connectivity index (χ4v) is 2.00. The van der Waals surface area contributed by atoms with E-state index in [0.717, 1.165) is 16.9 Å². The Hall–Kier alpha value is -1.16. The van der Waals surface area contributed by atoms with Gasteiger partial charge >= 0.3 is 0 Å². The maximum absolute atomic E-state index is 10.9. The minimum Gasteiger partial charge on any atom is -0.496 e. The molecule has 0 N–H and O–H groups in total. The SMILES string of the molecule is CCSc1cc(OC)c(C=O)c(OC)c1. The number of hydrogen-bond acceptors (Lipinski definition) is 4. The summed E-state index contributed by atoms with van der Waals surface area (Å²) in [6.07, 6.45) is 0.748. The van der Waals surface area contributed by atoms with Gasteiger partial charge in [0.05, 0.1) is 19.8 Å². The highest BCUT2D eigenvalue weighted by Crippen LogP contribution is 2.33. The third kappa shape index (κ3) is 2.65. The Morgan fingerprint density at radius 1 is 1.27 bits per heavy atom. The molecule has 0 aliphatic carbocycles. The number of benzene rings is 1. The summed E-state index contributed by atoms with van der Waals surface area (Å²) in [4.78, 5) is 11.9.